The molecule has 5 nitrogen and oxygen atoms in total. The molecule has 1 aliphatic rings. The zero-order valence-corrected chi connectivity index (χ0v) is 13.6. The van der Waals surface area contributed by atoms with Crippen LogP contribution >= 0.6 is 0 Å². The molecule has 1 aromatic carbocycles. The quantitative estimate of drug-likeness (QED) is 0.713. The van der Waals surface area contributed by atoms with Gasteiger partial charge < -0.3 is 5.32 Å². The SMILES string of the molecule is FC(F)n1ccc(CNCc2ccc(-n3ccc(C4CC4)n3)cc2)n1. The van der Waals surface area contributed by atoms with Crippen molar-refractivity contribution < 1.29 is 8.78 Å². The van der Waals surface area contributed by atoms with Crippen molar-refractivity contribution in [2.45, 2.75) is 38.4 Å². The van der Waals surface area contributed by atoms with Crippen LogP contribution in [-0.4, -0.2) is 19.6 Å². The third kappa shape index (κ3) is 3.76. The van der Waals surface area contributed by atoms with Crippen LogP contribution in [0.15, 0.2) is 48.8 Å². The van der Waals surface area contributed by atoms with Gasteiger partial charge in [-0.3, -0.25) is 0 Å². The molecule has 0 saturated heterocycles. The van der Waals surface area contributed by atoms with Crippen molar-refractivity contribution in [2.24, 2.45) is 0 Å². The molecule has 1 N–H and O–H groups in total. The third-order valence-corrected chi connectivity index (χ3v) is 4.31. The second-order valence-corrected chi connectivity index (χ2v) is 6.29. The fraction of sp³-hybridized carbons (Fsp3) is 0.333. The molecule has 0 bridgehead atoms. The average molecular weight is 343 g/mol. The summed E-state index contributed by atoms with van der Waals surface area (Å²) in [6.07, 6.45) is 5.78. The molecule has 0 amide bonds. The Kier molecular flexibility index (Phi) is 4.31. The Hall–Kier alpha value is -2.54. The van der Waals surface area contributed by atoms with Crippen molar-refractivity contribution in [2.75, 3.05) is 0 Å². The number of hydrogen-bond donors (Lipinski definition) is 1. The lowest BCUT2D eigenvalue weighted by molar-refractivity contribution is 0.0561. The summed E-state index contributed by atoms with van der Waals surface area (Å²) in [5.74, 6) is 0.651. The highest BCUT2D eigenvalue weighted by molar-refractivity contribution is 5.34. The van der Waals surface area contributed by atoms with E-state index in [1.54, 1.807) is 6.07 Å². The van der Waals surface area contributed by atoms with Gasteiger partial charge in [0, 0.05) is 31.4 Å². The Bertz CT molecular complexity index is 833. The maximum atomic E-state index is 12.5. The van der Waals surface area contributed by atoms with Gasteiger partial charge in [0.25, 0.3) is 0 Å². The van der Waals surface area contributed by atoms with Crippen LogP contribution in [0.5, 0.6) is 0 Å². The number of hydrogen-bond acceptors (Lipinski definition) is 3. The minimum absolute atomic E-state index is 0.450. The number of benzene rings is 1. The largest absolute Gasteiger partial charge is 0.333 e. The second kappa shape index (κ2) is 6.76. The van der Waals surface area contributed by atoms with Crippen LogP contribution in [0.1, 0.15) is 42.3 Å². The van der Waals surface area contributed by atoms with E-state index in [4.69, 9.17) is 0 Å². The summed E-state index contributed by atoms with van der Waals surface area (Å²) in [6.45, 7) is -1.50. The Morgan fingerprint density at radius 2 is 1.80 bits per heavy atom. The maximum absolute atomic E-state index is 12.5. The van der Waals surface area contributed by atoms with E-state index in [0.717, 1.165) is 11.3 Å². The predicted octanol–water partition coefficient (Wildman–Crippen LogP) is 3.63. The topological polar surface area (TPSA) is 47.7 Å². The predicted molar refractivity (Wildman–Crippen MR) is 89.6 cm³/mol. The van der Waals surface area contributed by atoms with E-state index in [9.17, 15) is 8.78 Å². The lowest BCUT2D eigenvalue weighted by atomic mass is 10.2. The summed E-state index contributed by atoms with van der Waals surface area (Å²) in [7, 11) is 0. The zero-order valence-electron chi connectivity index (χ0n) is 13.6. The Balaban J connectivity index is 1.32. The van der Waals surface area contributed by atoms with Crippen LogP contribution in [0, 0.1) is 0 Å². The van der Waals surface area contributed by atoms with E-state index in [2.05, 4.69) is 21.6 Å². The molecule has 0 unspecified atom stereocenters. The summed E-state index contributed by atoms with van der Waals surface area (Å²) < 4.78 is 27.5. The Morgan fingerprint density at radius 1 is 1.00 bits per heavy atom. The van der Waals surface area contributed by atoms with E-state index in [1.807, 2.05) is 35.1 Å². The molecule has 2 heterocycles. The molecule has 0 spiro atoms. The number of aromatic nitrogens is 4. The van der Waals surface area contributed by atoms with Gasteiger partial charge in [-0.1, -0.05) is 12.1 Å². The monoisotopic (exact) mass is 343 g/mol. The number of rotatable bonds is 7. The summed E-state index contributed by atoms with van der Waals surface area (Å²) >= 11 is 0. The molecule has 3 aromatic rings. The van der Waals surface area contributed by atoms with Gasteiger partial charge in [0.2, 0.25) is 0 Å². The summed E-state index contributed by atoms with van der Waals surface area (Å²) in [5, 5.41) is 11.6. The standard InChI is InChI=1S/C18H19F2N5/c19-18(20)25-9-7-15(22-25)12-21-11-13-1-5-16(6-2-13)24-10-8-17(23-24)14-3-4-14/h1-2,5-10,14,18,21H,3-4,11-12H2. The number of nitrogens with zero attached hydrogens (tertiary/aromatic N) is 4. The first-order valence-electron chi connectivity index (χ1n) is 8.37. The Morgan fingerprint density at radius 3 is 2.48 bits per heavy atom. The normalized spacial score (nSPS) is 14.4. The molecule has 0 aliphatic heterocycles. The summed E-state index contributed by atoms with van der Waals surface area (Å²) in [5.41, 5.74) is 3.92. The smallest absolute Gasteiger partial charge is 0.307 e. The van der Waals surface area contributed by atoms with E-state index < -0.39 is 6.55 Å². The molecule has 25 heavy (non-hydrogen) atoms. The van der Waals surface area contributed by atoms with Crippen molar-refractivity contribution in [3.8, 4) is 5.69 Å². The van der Waals surface area contributed by atoms with Crippen LogP contribution in [-0.2, 0) is 13.1 Å². The highest BCUT2D eigenvalue weighted by Gasteiger charge is 2.25. The van der Waals surface area contributed by atoms with Crippen molar-refractivity contribution in [3.05, 3.63) is 65.7 Å². The second-order valence-electron chi connectivity index (χ2n) is 6.29. The first kappa shape index (κ1) is 16.0. The number of alkyl halides is 2. The van der Waals surface area contributed by atoms with Crippen LogP contribution in [0.3, 0.4) is 0 Å². The molecular weight excluding hydrogens is 324 g/mol. The summed E-state index contributed by atoms with van der Waals surface area (Å²) in [6, 6.07) is 11.8. The molecular formula is C18H19F2N5. The highest BCUT2D eigenvalue weighted by atomic mass is 19.3. The van der Waals surface area contributed by atoms with Crippen LogP contribution < -0.4 is 5.32 Å². The molecule has 0 radical (unpaired) electrons. The van der Waals surface area contributed by atoms with E-state index in [1.165, 1.54) is 24.7 Å². The van der Waals surface area contributed by atoms with Crippen molar-refractivity contribution in [1.82, 2.24) is 24.9 Å². The fourth-order valence-corrected chi connectivity index (χ4v) is 2.76. The van der Waals surface area contributed by atoms with Crippen LogP contribution in [0.2, 0.25) is 0 Å². The molecule has 130 valence electrons. The van der Waals surface area contributed by atoms with Gasteiger partial charge in [-0.2, -0.15) is 19.0 Å². The van der Waals surface area contributed by atoms with E-state index >= 15 is 0 Å². The average Bonchev–Trinajstić information content (AvgIpc) is 3.16. The minimum Gasteiger partial charge on any atom is -0.307 e. The molecule has 0 atom stereocenters. The summed E-state index contributed by atoms with van der Waals surface area (Å²) in [4.78, 5) is 0. The molecule has 4 rings (SSSR count). The molecule has 1 aliphatic carbocycles. The van der Waals surface area contributed by atoms with Gasteiger partial charge in [-0.25, -0.2) is 9.36 Å². The molecule has 2 aromatic heterocycles. The maximum Gasteiger partial charge on any atom is 0.333 e. The van der Waals surface area contributed by atoms with Gasteiger partial charge >= 0.3 is 6.55 Å². The van der Waals surface area contributed by atoms with Crippen LogP contribution in [0.25, 0.3) is 5.69 Å². The van der Waals surface area contributed by atoms with Crippen LogP contribution in [0.4, 0.5) is 8.78 Å². The lowest BCUT2D eigenvalue weighted by Crippen LogP contribution is -2.13. The van der Waals surface area contributed by atoms with Gasteiger partial charge in [0.05, 0.1) is 17.1 Å². The molecule has 1 saturated carbocycles. The lowest BCUT2D eigenvalue weighted by Gasteiger charge is -2.06. The number of nitrogens with one attached hydrogen (secondary N) is 1. The highest BCUT2D eigenvalue weighted by Crippen LogP contribution is 2.39. The van der Waals surface area contributed by atoms with Gasteiger partial charge in [-0.05, 0) is 42.7 Å². The minimum atomic E-state index is -2.59. The molecule has 1 fully saturated rings. The van der Waals surface area contributed by atoms with Crippen molar-refractivity contribution in [1.29, 1.82) is 0 Å². The first-order chi connectivity index (χ1) is 12.2. The molecule has 7 heteroatoms. The zero-order chi connectivity index (χ0) is 17.2. The Labute approximate surface area is 144 Å². The van der Waals surface area contributed by atoms with Gasteiger partial charge in [-0.15, -0.1) is 0 Å². The van der Waals surface area contributed by atoms with Gasteiger partial charge in [0.1, 0.15) is 0 Å². The van der Waals surface area contributed by atoms with E-state index in [0.29, 0.717) is 29.4 Å². The van der Waals surface area contributed by atoms with Crippen molar-refractivity contribution in [3.63, 3.8) is 0 Å². The van der Waals surface area contributed by atoms with Crippen molar-refractivity contribution >= 4 is 0 Å². The van der Waals surface area contributed by atoms with Gasteiger partial charge in [0.15, 0.2) is 0 Å². The third-order valence-electron chi connectivity index (χ3n) is 4.31. The number of halogens is 2. The fourth-order valence-electron chi connectivity index (χ4n) is 2.76. The van der Waals surface area contributed by atoms with E-state index in [-0.39, 0.29) is 0 Å². The first-order valence-corrected chi connectivity index (χ1v) is 8.37.